The molecule has 0 bridgehead atoms. The van der Waals surface area contributed by atoms with E-state index in [2.05, 4.69) is 30.9 Å². The molecule has 0 saturated carbocycles. The summed E-state index contributed by atoms with van der Waals surface area (Å²) in [6.45, 7) is 4.91. The predicted molar refractivity (Wildman–Crippen MR) is 135 cm³/mol. The molecule has 0 radical (unpaired) electrons. The Bertz CT molecular complexity index is 1230. The average molecular weight is 508 g/mol. The third-order valence-electron chi connectivity index (χ3n) is 6.86. The maximum Gasteiger partial charge on any atom is 0.294 e. The van der Waals surface area contributed by atoms with Crippen LogP contribution in [0.15, 0.2) is 71.2 Å². The number of fused-ring (bicyclic) bond motifs is 1. The SMILES string of the molecule is CC1N(CCCC2=C/C=C\C=C/C=C\2)c2ccc(S(=O)(=O)O)cc2C1(C)CCCCS(=O)(=O)O. The molecule has 1 heterocycles. The van der Waals surface area contributed by atoms with Crippen molar-refractivity contribution >= 4 is 25.9 Å². The third kappa shape index (κ3) is 6.47. The van der Waals surface area contributed by atoms with Crippen molar-refractivity contribution in [3.05, 3.63) is 71.9 Å². The van der Waals surface area contributed by atoms with Crippen LogP contribution in [0, 0.1) is 0 Å². The Hall–Kier alpha value is -2.20. The van der Waals surface area contributed by atoms with Crippen molar-refractivity contribution in [2.24, 2.45) is 0 Å². The van der Waals surface area contributed by atoms with Crippen LogP contribution in [0.2, 0.25) is 0 Å². The van der Waals surface area contributed by atoms with E-state index in [0.717, 1.165) is 30.6 Å². The van der Waals surface area contributed by atoms with Gasteiger partial charge in [0, 0.05) is 23.7 Å². The van der Waals surface area contributed by atoms with Crippen LogP contribution in [0.4, 0.5) is 5.69 Å². The standard InChI is InChI=1S/C25H33NO6S2/c1-20-25(2,16-8-9-18-33(27,28)29)23-19-22(34(30,31)32)14-15-24(23)26(20)17-10-13-21-11-6-4-3-5-7-12-21/h3-7,11-12,14-15,19-20H,8-10,13,16-18H2,1-2H3,(H,27,28,29)(H,30,31,32)/b4-3-,5-3?,6-4?,7-5-,11-6-,12-7?,21-11?,21-12+. The molecule has 1 aliphatic carbocycles. The van der Waals surface area contributed by atoms with Crippen molar-refractivity contribution < 1.29 is 25.9 Å². The van der Waals surface area contributed by atoms with Gasteiger partial charge in [-0.25, -0.2) is 0 Å². The van der Waals surface area contributed by atoms with Crippen molar-refractivity contribution in [2.75, 3.05) is 17.2 Å². The van der Waals surface area contributed by atoms with Gasteiger partial charge in [0.05, 0.1) is 10.6 Å². The highest BCUT2D eigenvalue weighted by Gasteiger charge is 2.45. The molecule has 1 aromatic rings. The second-order valence-corrected chi connectivity index (χ2v) is 12.2. The lowest BCUT2D eigenvalue weighted by Crippen LogP contribution is -2.41. The number of hydrogen-bond acceptors (Lipinski definition) is 5. The number of rotatable bonds is 10. The van der Waals surface area contributed by atoms with Crippen molar-refractivity contribution in [3.8, 4) is 0 Å². The van der Waals surface area contributed by atoms with Gasteiger partial charge in [0.1, 0.15) is 0 Å². The van der Waals surface area contributed by atoms with Crippen LogP contribution in [0.1, 0.15) is 51.5 Å². The van der Waals surface area contributed by atoms with Crippen LogP contribution >= 0.6 is 0 Å². The molecule has 186 valence electrons. The van der Waals surface area contributed by atoms with Gasteiger partial charge in [0.25, 0.3) is 20.2 Å². The Balaban J connectivity index is 1.81. The molecule has 1 aromatic carbocycles. The van der Waals surface area contributed by atoms with Gasteiger partial charge in [0.2, 0.25) is 0 Å². The lowest BCUT2D eigenvalue weighted by molar-refractivity contribution is 0.362. The molecule has 0 amide bonds. The summed E-state index contributed by atoms with van der Waals surface area (Å²) in [5.41, 5.74) is 2.55. The van der Waals surface area contributed by atoms with Crippen molar-refractivity contribution in [1.82, 2.24) is 0 Å². The quantitative estimate of drug-likeness (QED) is 0.344. The summed E-state index contributed by atoms with van der Waals surface area (Å²) in [7, 11) is -8.37. The Morgan fingerprint density at radius 1 is 0.971 bits per heavy atom. The highest BCUT2D eigenvalue weighted by atomic mass is 32.2. The largest absolute Gasteiger partial charge is 0.368 e. The predicted octanol–water partition coefficient (Wildman–Crippen LogP) is 4.85. The second-order valence-electron chi connectivity index (χ2n) is 9.16. The highest BCUT2D eigenvalue weighted by Crippen LogP contribution is 2.49. The van der Waals surface area contributed by atoms with Crippen molar-refractivity contribution in [1.29, 1.82) is 0 Å². The van der Waals surface area contributed by atoms with E-state index in [1.165, 1.54) is 11.6 Å². The minimum absolute atomic E-state index is 0.0366. The lowest BCUT2D eigenvalue weighted by Gasteiger charge is -2.35. The average Bonchev–Trinajstić information content (AvgIpc) is 2.93. The molecule has 1 aliphatic heterocycles. The van der Waals surface area contributed by atoms with Crippen LogP contribution < -0.4 is 4.90 Å². The van der Waals surface area contributed by atoms with Crippen LogP contribution in [0.3, 0.4) is 0 Å². The van der Waals surface area contributed by atoms with E-state index in [4.69, 9.17) is 4.55 Å². The second kappa shape index (κ2) is 10.6. The van der Waals surface area contributed by atoms with E-state index in [1.807, 2.05) is 30.4 Å². The van der Waals surface area contributed by atoms with Gasteiger partial charge < -0.3 is 4.90 Å². The van der Waals surface area contributed by atoms with Gasteiger partial charge in [-0.15, -0.1) is 0 Å². The summed E-state index contributed by atoms with van der Waals surface area (Å²) in [5, 5.41) is 0. The molecular weight excluding hydrogens is 474 g/mol. The smallest absolute Gasteiger partial charge is 0.294 e. The zero-order chi connectivity index (χ0) is 25.0. The van der Waals surface area contributed by atoms with Gasteiger partial charge in [-0.1, -0.05) is 55.9 Å². The van der Waals surface area contributed by atoms with E-state index >= 15 is 0 Å². The first-order chi connectivity index (χ1) is 15.9. The number of allylic oxidation sites excluding steroid dienone is 8. The van der Waals surface area contributed by atoms with Gasteiger partial charge in [-0.05, 0) is 61.9 Å². The molecule has 2 unspecified atom stereocenters. The van der Waals surface area contributed by atoms with Gasteiger partial charge in [-0.3, -0.25) is 9.11 Å². The minimum atomic E-state index is -4.35. The van der Waals surface area contributed by atoms with Crippen molar-refractivity contribution in [3.63, 3.8) is 0 Å². The Labute approximate surface area is 203 Å². The van der Waals surface area contributed by atoms with Gasteiger partial charge in [-0.2, -0.15) is 16.8 Å². The Morgan fingerprint density at radius 3 is 2.38 bits per heavy atom. The molecule has 3 rings (SSSR count). The molecule has 0 fully saturated rings. The van der Waals surface area contributed by atoms with Crippen LogP contribution in [-0.2, 0) is 25.7 Å². The maximum absolute atomic E-state index is 11.8. The fourth-order valence-corrected chi connectivity index (χ4v) is 5.90. The third-order valence-corrected chi connectivity index (χ3v) is 8.51. The van der Waals surface area contributed by atoms with Crippen molar-refractivity contribution in [2.45, 2.75) is 62.3 Å². The molecule has 2 atom stereocenters. The van der Waals surface area contributed by atoms with E-state index in [-0.39, 0.29) is 16.7 Å². The van der Waals surface area contributed by atoms with Crippen LogP contribution in [0.25, 0.3) is 0 Å². The Kier molecular flexibility index (Phi) is 8.23. The zero-order valence-corrected chi connectivity index (χ0v) is 21.2. The molecule has 34 heavy (non-hydrogen) atoms. The first-order valence-electron chi connectivity index (χ1n) is 11.5. The molecule has 7 nitrogen and oxygen atoms in total. The molecule has 2 N–H and O–H groups in total. The minimum Gasteiger partial charge on any atom is -0.368 e. The fraction of sp³-hybridized carbons (Fsp3) is 0.440. The number of anilines is 1. The van der Waals surface area contributed by atoms with Crippen LogP contribution in [0.5, 0.6) is 0 Å². The topological polar surface area (TPSA) is 112 Å². The molecule has 0 spiro atoms. The molecular formula is C25H33NO6S2. The summed E-state index contributed by atoms with van der Waals surface area (Å²) in [5.74, 6) is -0.300. The van der Waals surface area contributed by atoms with Gasteiger partial charge in [0.15, 0.2) is 0 Å². The summed E-state index contributed by atoms with van der Waals surface area (Å²) in [6, 6.07) is 4.76. The van der Waals surface area contributed by atoms with E-state index in [0.29, 0.717) is 19.3 Å². The first kappa shape index (κ1) is 26.4. The fourth-order valence-electron chi connectivity index (χ4n) is 4.82. The normalized spacial score (nSPS) is 26.8. The summed E-state index contributed by atoms with van der Waals surface area (Å²) in [6.07, 6.45) is 17.5. The summed E-state index contributed by atoms with van der Waals surface area (Å²) < 4.78 is 64.4. The zero-order valence-electron chi connectivity index (χ0n) is 19.6. The summed E-state index contributed by atoms with van der Waals surface area (Å²) >= 11 is 0. The molecule has 9 heteroatoms. The monoisotopic (exact) mass is 507 g/mol. The first-order valence-corrected chi connectivity index (χ1v) is 14.5. The van der Waals surface area contributed by atoms with E-state index < -0.39 is 25.7 Å². The highest BCUT2D eigenvalue weighted by molar-refractivity contribution is 7.86. The van der Waals surface area contributed by atoms with E-state index in [9.17, 15) is 21.4 Å². The molecule has 0 aromatic heterocycles. The number of nitrogens with zero attached hydrogens (tertiary/aromatic N) is 1. The number of unbranched alkanes of at least 4 members (excludes halogenated alkanes) is 1. The number of hydrogen-bond donors (Lipinski definition) is 2. The van der Waals surface area contributed by atoms with E-state index in [1.54, 1.807) is 12.1 Å². The van der Waals surface area contributed by atoms with Crippen LogP contribution in [-0.4, -0.2) is 44.3 Å². The maximum atomic E-state index is 11.8. The lowest BCUT2D eigenvalue weighted by atomic mass is 9.75. The molecule has 2 aliphatic rings. The Morgan fingerprint density at radius 2 is 1.68 bits per heavy atom. The van der Waals surface area contributed by atoms with Gasteiger partial charge >= 0.3 is 0 Å². The molecule has 0 saturated heterocycles. The number of benzene rings is 1. The summed E-state index contributed by atoms with van der Waals surface area (Å²) in [4.78, 5) is 2.13.